The Morgan fingerprint density at radius 3 is 1.70 bits per heavy atom. The van der Waals surface area contributed by atoms with Gasteiger partial charge in [-0.1, -0.05) is 12.1 Å². The summed E-state index contributed by atoms with van der Waals surface area (Å²) in [5.74, 6) is -0.717. The van der Waals surface area contributed by atoms with Crippen LogP contribution in [-0.4, -0.2) is 20.6 Å². The van der Waals surface area contributed by atoms with Crippen molar-refractivity contribution < 1.29 is 19.6 Å². The maximum Gasteiger partial charge on any atom is 0.284 e. The van der Waals surface area contributed by atoms with Crippen molar-refractivity contribution in [2.24, 2.45) is 0 Å². The number of hydrogen-bond donors (Lipinski definition) is 0. The smallest absolute Gasteiger partial charge is 0.284 e. The van der Waals surface area contributed by atoms with Gasteiger partial charge in [0.25, 0.3) is 17.1 Å². The van der Waals surface area contributed by atoms with E-state index in [0.29, 0.717) is 11.1 Å². The molecule has 1 aliphatic carbocycles. The van der Waals surface area contributed by atoms with Crippen molar-refractivity contribution in [1.29, 1.82) is 10.5 Å². The molecule has 0 spiro atoms. The number of nitro benzene ring substituents is 3. The third-order valence-corrected chi connectivity index (χ3v) is 4.65. The number of fused-ring (bicyclic) bond motifs is 3. The molecule has 0 aliphatic heterocycles. The van der Waals surface area contributed by atoms with Crippen LogP contribution in [0.25, 0.3) is 11.1 Å². The average molecular weight is 443 g/mol. The third kappa shape index (κ3) is 4.08. The molecule has 3 aromatic carbocycles. The van der Waals surface area contributed by atoms with E-state index in [1.54, 1.807) is 24.3 Å². The Hall–Kier alpha value is -5.49. The second-order valence-electron chi connectivity index (χ2n) is 6.49. The van der Waals surface area contributed by atoms with Gasteiger partial charge in [0, 0.05) is 34.9 Å². The molecule has 12 nitrogen and oxygen atoms in total. The summed E-state index contributed by atoms with van der Waals surface area (Å²) in [6, 6.07) is 15.6. The van der Waals surface area contributed by atoms with Crippen molar-refractivity contribution in [2.45, 2.75) is 0 Å². The number of non-ortho nitro benzene ring substituents is 2. The fourth-order valence-electron chi connectivity index (χ4n) is 3.20. The normalized spacial score (nSPS) is 10.5. The molecule has 0 saturated heterocycles. The molecule has 1 aliphatic rings. The number of hydrogen-bond acceptors (Lipinski definition) is 9. The summed E-state index contributed by atoms with van der Waals surface area (Å²) in [5, 5.41) is 49.8. The first-order valence-electron chi connectivity index (χ1n) is 8.89. The minimum atomic E-state index is -0.841. The molecule has 0 radical (unpaired) electrons. The van der Waals surface area contributed by atoms with Crippen LogP contribution < -0.4 is 0 Å². The van der Waals surface area contributed by atoms with Crippen LogP contribution in [0.15, 0.2) is 54.6 Å². The summed E-state index contributed by atoms with van der Waals surface area (Å²) in [6.45, 7) is 0. The van der Waals surface area contributed by atoms with Gasteiger partial charge in [0.15, 0.2) is 5.78 Å². The summed E-state index contributed by atoms with van der Waals surface area (Å²) >= 11 is 0. The summed E-state index contributed by atoms with van der Waals surface area (Å²) in [6.07, 6.45) is 0. The van der Waals surface area contributed by atoms with Gasteiger partial charge in [0.05, 0.1) is 37.5 Å². The molecule has 160 valence electrons. The average Bonchev–Trinajstić information content (AvgIpc) is 3.10. The summed E-state index contributed by atoms with van der Waals surface area (Å²) < 4.78 is 0. The van der Waals surface area contributed by atoms with Gasteiger partial charge in [-0.15, -0.1) is 0 Å². The SMILES string of the molecule is N#Cc1ccccc1C#N.O=C1c2cc([N+](=O)[O-])ccc2-c2c1cc([N+](=O)[O-])cc2[N+](=O)[O-]. The predicted molar refractivity (Wildman–Crippen MR) is 111 cm³/mol. The minimum absolute atomic E-state index is 0.0597. The van der Waals surface area contributed by atoms with Crippen molar-refractivity contribution >= 4 is 22.8 Å². The van der Waals surface area contributed by atoms with Gasteiger partial charge in [-0.05, 0) is 18.2 Å². The van der Waals surface area contributed by atoms with Crippen molar-refractivity contribution in [3.05, 3.63) is 107 Å². The Labute approximate surface area is 184 Å². The number of nitro groups is 3. The van der Waals surface area contributed by atoms with E-state index in [9.17, 15) is 35.1 Å². The van der Waals surface area contributed by atoms with E-state index < -0.39 is 31.9 Å². The van der Waals surface area contributed by atoms with Gasteiger partial charge >= 0.3 is 0 Å². The number of nitrogens with zero attached hydrogens (tertiary/aromatic N) is 5. The molecule has 0 amide bonds. The standard InChI is InChI=1S/C13H5N3O7.C8H4N2/c17-13-9-3-6(14(18)19)1-2-8(9)12-10(13)4-7(15(20)21)5-11(12)16(22)23;9-5-7-3-1-2-4-8(7)6-10/h1-5H;1-4H. The molecule has 0 aromatic heterocycles. The number of nitriles is 2. The molecular weight excluding hydrogens is 434 g/mol. The van der Waals surface area contributed by atoms with Crippen LogP contribution in [0.1, 0.15) is 27.0 Å². The zero-order chi connectivity index (χ0) is 24.3. The second-order valence-corrected chi connectivity index (χ2v) is 6.49. The molecular formula is C21H9N5O7. The van der Waals surface area contributed by atoms with Gasteiger partial charge in [-0.3, -0.25) is 35.1 Å². The second kappa shape index (κ2) is 8.71. The molecule has 33 heavy (non-hydrogen) atoms. The molecule has 4 rings (SSSR count). The van der Waals surface area contributed by atoms with Crippen LogP contribution in [-0.2, 0) is 0 Å². The lowest BCUT2D eigenvalue weighted by atomic mass is 10.0. The fourth-order valence-corrected chi connectivity index (χ4v) is 3.20. The van der Waals surface area contributed by atoms with Crippen LogP contribution in [0, 0.1) is 53.0 Å². The first-order valence-corrected chi connectivity index (χ1v) is 8.89. The van der Waals surface area contributed by atoms with Crippen LogP contribution in [0.4, 0.5) is 17.1 Å². The van der Waals surface area contributed by atoms with Crippen molar-refractivity contribution in [2.75, 3.05) is 0 Å². The van der Waals surface area contributed by atoms with Crippen LogP contribution in [0.2, 0.25) is 0 Å². The van der Waals surface area contributed by atoms with Gasteiger partial charge < -0.3 is 0 Å². The van der Waals surface area contributed by atoms with Crippen molar-refractivity contribution in [3.8, 4) is 23.3 Å². The first kappa shape index (κ1) is 22.2. The van der Waals surface area contributed by atoms with E-state index in [0.717, 1.165) is 24.3 Å². The topological polar surface area (TPSA) is 194 Å². The van der Waals surface area contributed by atoms with Crippen molar-refractivity contribution in [3.63, 3.8) is 0 Å². The predicted octanol–water partition coefficient (Wildman–Crippen LogP) is 4.05. The number of carbonyl (C=O) groups excluding carboxylic acids is 1. The van der Waals surface area contributed by atoms with Gasteiger partial charge in [-0.25, -0.2) is 0 Å². The van der Waals surface area contributed by atoms with E-state index in [1.807, 2.05) is 12.1 Å². The largest absolute Gasteiger partial charge is 0.289 e. The molecule has 3 aromatic rings. The lowest BCUT2D eigenvalue weighted by molar-refractivity contribution is -0.393. The summed E-state index contributed by atoms with van der Waals surface area (Å²) in [4.78, 5) is 42.8. The number of rotatable bonds is 3. The van der Waals surface area contributed by atoms with Gasteiger partial charge in [0.1, 0.15) is 12.1 Å². The van der Waals surface area contributed by atoms with E-state index in [2.05, 4.69) is 0 Å². The quantitative estimate of drug-likeness (QED) is 0.331. The first-order chi connectivity index (χ1) is 15.7. The highest BCUT2D eigenvalue weighted by molar-refractivity contribution is 6.23. The highest BCUT2D eigenvalue weighted by atomic mass is 16.6. The Morgan fingerprint density at radius 2 is 1.21 bits per heavy atom. The molecule has 0 heterocycles. The van der Waals surface area contributed by atoms with Gasteiger partial charge in [0.2, 0.25) is 0 Å². The van der Waals surface area contributed by atoms with E-state index in [4.69, 9.17) is 10.5 Å². The maximum absolute atomic E-state index is 12.3. The highest BCUT2D eigenvalue weighted by Gasteiger charge is 2.36. The lowest BCUT2D eigenvalue weighted by Crippen LogP contribution is -2.00. The fraction of sp³-hybridized carbons (Fsp3) is 0. The lowest BCUT2D eigenvalue weighted by Gasteiger charge is -2.02. The van der Waals surface area contributed by atoms with Crippen LogP contribution >= 0.6 is 0 Å². The maximum atomic E-state index is 12.3. The number of carbonyl (C=O) groups is 1. The zero-order valence-corrected chi connectivity index (χ0v) is 16.3. The molecule has 0 unspecified atom stereocenters. The molecule has 0 bridgehead atoms. The zero-order valence-electron chi connectivity index (χ0n) is 16.3. The number of ketones is 1. The molecule has 0 atom stereocenters. The summed E-state index contributed by atoms with van der Waals surface area (Å²) in [7, 11) is 0. The Balaban J connectivity index is 0.000000257. The molecule has 0 saturated carbocycles. The molecule has 0 N–H and O–H groups in total. The Bertz CT molecular complexity index is 1420. The third-order valence-electron chi connectivity index (χ3n) is 4.65. The van der Waals surface area contributed by atoms with E-state index in [-0.39, 0.29) is 27.9 Å². The summed E-state index contributed by atoms with van der Waals surface area (Å²) in [5.41, 5.74) is -0.856. The van der Waals surface area contributed by atoms with E-state index in [1.165, 1.54) is 6.07 Å². The van der Waals surface area contributed by atoms with E-state index >= 15 is 0 Å². The minimum Gasteiger partial charge on any atom is -0.289 e. The molecule has 12 heteroatoms. The van der Waals surface area contributed by atoms with Crippen LogP contribution in [0.5, 0.6) is 0 Å². The number of benzene rings is 3. The highest BCUT2D eigenvalue weighted by Crippen LogP contribution is 2.45. The van der Waals surface area contributed by atoms with Crippen molar-refractivity contribution in [1.82, 2.24) is 0 Å². The Morgan fingerprint density at radius 1 is 0.667 bits per heavy atom. The van der Waals surface area contributed by atoms with Crippen LogP contribution in [0.3, 0.4) is 0 Å². The Kier molecular flexibility index (Phi) is 5.86. The van der Waals surface area contributed by atoms with Gasteiger partial charge in [-0.2, -0.15) is 10.5 Å². The molecule has 0 fully saturated rings. The monoisotopic (exact) mass is 443 g/mol.